The van der Waals surface area contributed by atoms with Gasteiger partial charge in [0.2, 0.25) is 5.91 Å². The molecule has 14 heteroatoms. The molecule has 1 aromatic heterocycles. The van der Waals surface area contributed by atoms with Crippen molar-refractivity contribution in [2.45, 2.75) is 82.8 Å². The normalized spacial score (nSPS) is 17.0. The van der Waals surface area contributed by atoms with Crippen molar-refractivity contribution < 1.29 is 51.9 Å². The zero-order chi connectivity index (χ0) is 34.4. The van der Waals surface area contributed by atoms with E-state index in [4.69, 9.17) is 9.47 Å². The van der Waals surface area contributed by atoms with E-state index in [2.05, 4.69) is 20.1 Å². The number of aromatic nitrogens is 1. The standard InChI is InChI=1S/C33H40F3N3O8/c1-30(2,3)47-29(43)37-10-11-44-18-31(4,5)27-13-19-12-23(22(34)15-24(19)39(27)16-21(41)17-40)38-28(42)32(8-9-32)20-6-7-25-26(14-20)46-33(35,36)45-25/h6-7,12-15,21,40-41H,8-11,16-18H2,1-5H3,(H,37,43)(H,38,42)/t21-/m1/s1. The van der Waals surface area contributed by atoms with Gasteiger partial charge >= 0.3 is 12.4 Å². The number of halogens is 3. The number of anilines is 1. The molecule has 0 saturated heterocycles. The first-order valence-electron chi connectivity index (χ1n) is 15.3. The molecule has 2 aliphatic rings. The Kier molecular flexibility index (Phi) is 9.16. The van der Waals surface area contributed by atoms with Gasteiger partial charge in [-0.05, 0) is 63.4 Å². The van der Waals surface area contributed by atoms with E-state index in [-0.39, 0.29) is 43.5 Å². The lowest BCUT2D eigenvalue weighted by Gasteiger charge is -2.28. The van der Waals surface area contributed by atoms with Gasteiger partial charge in [0.1, 0.15) is 11.4 Å². The number of hydrogen-bond acceptors (Lipinski definition) is 8. The number of carbonyl (C=O) groups is 2. The molecule has 11 nitrogen and oxygen atoms in total. The van der Waals surface area contributed by atoms with Crippen LogP contribution in [0.25, 0.3) is 10.9 Å². The Morgan fingerprint density at radius 2 is 1.77 bits per heavy atom. The molecule has 256 valence electrons. The highest BCUT2D eigenvalue weighted by Crippen LogP contribution is 2.52. The minimum Gasteiger partial charge on any atom is -0.444 e. The van der Waals surface area contributed by atoms with E-state index in [0.717, 1.165) is 0 Å². The fourth-order valence-corrected chi connectivity index (χ4v) is 5.61. The smallest absolute Gasteiger partial charge is 0.444 e. The largest absolute Gasteiger partial charge is 0.586 e. The lowest BCUT2D eigenvalue weighted by molar-refractivity contribution is -0.286. The van der Waals surface area contributed by atoms with Crippen LogP contribution in [0.5, 0.6) is 11.5 Å². The lowest BCUT2D eigenvalue weighted by Crippen LogP contribution is -2.35. The van der Waals surface area contributed by atoms with Crippen molar-refractivity contribution >= 4 is 28.6 Å². The van der Waals surface area contributed by atoms with Crippen molar-refractivity contribution in [1.82, 2.24) is 9.88 Å². The molecule has 1 fully saturated rings. The summed E-state index contributed by atoms with van der Waals surface area (Å²) in [5, 5.41) is 25.8. The number of benzene rings is 2. The number of alkyl carbamates (subject to hydrolysis) is 1. The van der Waals surface area contributed by atoms with Crippen molar-refractivity contribution in [1.29, 1.82) is 0 Å². The van der Waals surface area contributed by atoms with Gasteiger partial charge in [-0.2, -0.15) is 0 Å². The average molecular weight is 664 g/mol. The fraction of sp³-hybridized carbons (Fsp3) is 0.515. The van der Waals surface area contributed by atoms with Crippen LogP contribution in [0.2, 0.25) is 0 Å². The molecule has 0 unspecified atom stereocenters. The Labute approximate surface area is 269 Å². The van der Waals surface area contributed by atoms with Crippen molar-refractivity contribution in [3.63, 3.8) is 0 Å². The summed E-state index contributed by atoms with van der Waals surface area (Å²) in [4.78, 5) is 25.4. The maximum absolute atomic E-state index is 15.6. The monoisotopic (exact) mass is 663 g/mol. The third kappa shape index (κ3) is 7.60. The number of rotatable bonds is 12. The number of alkyl halides is 2. The highest BCUT2D eigenvalue weighted by atomic mass is 19.3. The third-order valence-electron chi connectivity index (χ3n) is 8.05. The Morgan fingerprint density at radius 3 is 2.43 bits per heavy atom. The van der Waals surface area contributed by atoms with Crippen LogP contribution in [0.3, 0.4) is 0 Å². The van der Waals surface area contributed by atoms with E-state index in [0.29, 0.717) is 35.0 Å². The number of aliphatic hydroxyl groups excluding tert-OH is 2. The quantitative estimate of drug-likeness (QED) is 0.200. The SMILES string of the molecule is CC(C)(C)OC(=O)NCCOCC(C)(C)c1cc2cc(NC(=O)C3(c4ccc5c(c4)OC(F)(F)O5)CC3)c(F)cc2n1C[C@@H](O)CO. The van der Waals surface area contributed by atoms with E-state index in [1.54, 1.807) is 25.3 Å². The van der Waals surface area contributed by atoms with Gasteiger partial charge in [-0.25, -0.2) is 9.18 Å². The van der Waals surface area contributed by atoms with Gasteiger partial charge < -0.3 is 44.4 Å². The number of ether oxygens (including phenoxy) is 4. The van der Waals surface area contributed by atoms with Crippen LogP contribution in [0.15, 0.2) is 36.4 Å². The second kappa shape index (κ2) is 12.5. The molecule has 0 bridgehead atoms. The lowest BCUT2D eigenvalue weighted by atomic mass is 9.90. The third-order valence-corrected chi connectivity index (χ3v) is 8.05. The predicted molar refractivity (Wildman–Crippen MR) is 165 cm³/mol. The summed E-state index contributed by atoms with van der Waals surface area (Å²) in [5.41, 5.74) is -0.858. The van der Waals surface area contributed by atoms with Crippen molar-refractivity contribution in [3.05, 3.63) is 53.5 Å². The Balaban J connectivity index is 1.34. The summed E-state index contributed by atoms with van der Waals surface area (Å²) >= 11 is 0. The Bertz CT molecular complexity index is 1660. The van der Waals surface area contributed by atoms with Crippen LogP contribution < -0.4 is 20.1 Å². The van der Waals surface area contributed by atoms with Gasteiger partial charge in [0.25, 0.3) is 0 Å². The number of nitrogens with zero attached hydrogens (tertiary/aromatic N) is 1. The number of aliphatic hydroxyl groups is 2. The number of nitrogens with one attached hydrogen (secondary N) is 2. The molecule has 2 amide bonds. The summed E-state index contributed by atoms with van der Waals surface area (Å²) in [5.74, 6) is -1.53. The number of carbonyl (C=O) groups excluding carboxylic acids is 2. The second-order valence-corrected chi connectivity index (χ2v) is 13.6. The molecule has 4 N–H and O–H groups in total. The molecular formula is C33H40F3N3O8. The van der Waals surface area contributed by atoms with Crippen molar-refractivity contribution in [3.8, 4) is 11.5 Å². The zero-order valence-electron chi connectivity index (χ0n) is 26.9. The summed E-state index contributed by atoms with van der Waals surface area (Å²) in [7, 11) is 0. The Morgan fingerprint density at radius 1 is 1.06 bits per heavy atom. The minimum atomic E-state index is -3.79. The molecule has 2 heterocycles. The van der Waals surface area contributed by atoms with Crippen LogP contribution in [0.4, 0.5) is 23.7 Å². The van der Waals surface area contributed by atoms with Crippen molar-refractivity contribution in [2.24, 2.45) is 0 Å². The predicted octanol–water partition coefficient (Wildman–Crippen LogP) is 4.94. The van der Waals surface area contributed by atoms with E-state index < -0.39 is 53.3 Å². The van der Waals surface area contributed by atoms with Crippen LogP contribution in [0.1, 0.15) is 58.7 Å². The number of fused-ring (bicyclic) bond motifs is 2. The van der Waals surface area contributed by atoms with Gasteiger partial charge in [-0.3, -0.25) is 4.79 Å². The first kappa shape index (κ1) is 34.3. The molecular weight excluding hydrogens is 623 g/mol. The molecule has 1 aliphatic heterocycles. The van der Waals surface area contributed by atoms with E-state index in [1.165, 1.54) is 30.3 Å². The van der Waals surface area contributed by atoms with Crippen LogP contribution in [-0.4, -0.2) is 71.1 Å². The van der Waals surface area contributed by atoms with Crippen LogP contribution in [0, 0.1) is 5.82 Å². The average Bonchev–Trinajstić information content (AvgIpc) is 3.62. The molecule has 0 spiro atoms. The van der Waals surface area contributed by atoms with Crippen LogP contribution >= 0.6 is 0 Å². The Hall–Kier alpha value is -4.01. The van der Waals surface area contributed by atoms with Gasteiger partial charge in [0.15, 0.2) is 11.5 Å². The number of hydrogen-bond donors (Lipinski definition) is 4. The van der Waals surface area contributed by atoms with E-state index in [9.17, 15) is 28.6 Å². The fourth-order valence-electron chi connectivity index (χ4n) is 5.61. The first-order chi connectivity index (χ1) is 21.9. The molecule has 1 atom stereocenters. The molecule has 47 heavy (non-hydrogen) atoms. The molecule has 2 aromatic carbocycles. The van der Waals surface area contributed by atoms with E-state index >= 15 is 4.39 Å². The molecule has 5 rings (SSSR count). The second-order valence-electron chi connectivity index (χ2n) is 13.6. The summed E-state index contributed by atoms with van der Waals surface area (Å²) in [6.45, 7) is 9.16. The molecule has 3 aromatic rings. The summed E-state index contributed by atoms with van der Waals surface area (Å²) in [6, 6.07) is 8.74. The number of amides is 2. The van der Waals surface area contributed by atoms with E-state index in [1.807, 2.05) is 19.9 Å². The maximum atomic E-state index is 15.6. The molecule has 1 saturated carbocycles. The summed E-state index contributed by atoms with van der Waals surface area (Å²) in [6.07, 6.45) is -4.62. The molecule has 0 radical (unpaired) electrons. The van der Waals surface area contributed by atoms with Crippen LogP contribution in [-0.2, 0) is 31.6 Å². The van der Waals surface area contributed by atoms with Gasteiger partial charge in [0, 0.05) is 29.1 Å². The topological polar surface area (TPSA) is 141 Å². The minimum absolute atomic E-state index is 0.0314. The zero-order valence-corrected chi connectivity index (χ0v) is 26.9. The highest BCUT2D eigenvalue weighted by Gasteiger charge is 2.53. The van der Waals surface area contributed by atoms with Gasteiger partial charge in [-0.15, -0.1) is 8.78 Å². The van der Waals surface area contributed by atoms with Gasteiger partial charge in [0.05, 0.1) is 49.1 Å². The highest BCUT2D eigenvalue weighted by molar-refractivity contribution is 6.03. The maximum Gasteiger partial charge on any atom is 0.586 e. The summed E-state index contributed by atoms with van der Waals surface area (Å²) < 4.78 is 64.4. The molecule has 1 aliphatic carbocycles. The first-order valence-corrected chi connectivity index (χ1v) is 15.3. The van der Waals surface area contributed by atoms with Crippen molar-refractivity contribution in [2.75, 3.05) is 31.7 Å². The van der Waals surface area contributed by atoms with Gasteiger partial charge in [-0.1, -0.05) is 19.9 Å².